The molecule has 33 heavy (non-hydrogen) atoms. The first kappa shape index (κ1) is 23.2. The van der Waals surface area contributed by atoms with Gasteiger partial charge in [-0.15, -0.1) is 0 Å². The molecule has 2 aliphatic heterocycles. The number of carbonyl (C=O) groups is 4. The van der Waals surface area contributed by atoms with Crippen LogP contribution in [0.15, 0.2) is 36.4 Å². The van der Waals surface area contributed by atoms with E-state index in [0.717, 1.165) is 22.6 Å². The number of ether oxygens (including phenoxy) is 1. The second kappa shape index (κ2) is 9.12. The molecule has 0 radical (unpaired) electrons. The largest absolute Gasteiger partial charge is 0.451 e. The van der Waals surface area contributed by atoms with Crippen LogP contribution >= 0.6 is 0 Å². The van der Waals surface area contributed by atoms with Crippen molar-refractivity contribution in [1.82, 2.24) is 4.90 Å². The SMILES string of the molecule is CC(C)C[C@@H](C(=O)O[C@H](C)C(=O)N1c2ccccc2C[C@@H]1C)N1C(=O)[C@H]2CC=CC[C@H]2C1=O. The molecule has 3 amide bonds. The Bertz CT molecular complexity index is 974. The van der Waals surface area contributed by atoms with E-state index >= 15 is 0 Å². The third-order valence-electron chi connectivity index (χ3n) is 6.91. The lowest BCUT2D eigenvalue weighted by Gasteiger charge is -2.29. The Hall–Kier alpha value is -2.96. The van der Waals surface area contributed by atoms with E-state index in [2.05, 4.69) is 0 Å². The minimum atomic E-state index is -1.03. The maximum Gasteiger partial charge on any atom is 0.330 e. The molecule has 4 rings (SSSR count). The number of anilines is 1. The maximum absolute atomic E-state index is 13.3. The Morgan fingerprint density at radius 1 is 1.03 bits per heavy atom. The first-order valence-corrected chi connectivity index (χ1v) is 11.8. The van der Waals surface area contributed by atoms with E-state index in [9.17, 15) is 19.2 Å². The molecule has 2 heterocycles. The average molecular weight is 453 g/mol. The van der Waals surface area contributed by atoms with Gasteiger partial charge >= 0.3 is 5.97 Å². The Morgan fingerprint density at radius 2 is 1.64 bits per heavy atom. The van der Waals surface area contributed by atoms with Crippen LogP contribution in [-0.2, 0) is 30.3 Å². The first-order chi connectivity index (χ1) is 15.7. The molecule has 0 saturated carbocycles. The van der Waals surface area contributed by atoms with Crippen LogP contribution < -0.4 is 4.90 Å². The number of allylic oxidation sites excluding steroid dienone is 2. The van der Waals surface area contributed by atoms with Crippen LogP contribution in [0, 0.1) is 17.8 Å². The molecule has 0 bridgehead atoms. The molecule has 1 fully saturated rings. The quantitative estimate of drug-likeness (QED) is 0.376. The molecule has 0 unspecified atom stereocenters. The van der Waals surface area contributed by atoms with Gasteiger partial charge in [0.25, 0.3) is 5.91 Å². The fraction of sp³-hybridized carbons (Fsp3) is 0.538. The van der Waals surface area contributed by atoms with Crippen LogP contribution in [0.25, 0.3) is 0 Å². The second-order valence-corrected chi connectivity index (χ2v) is 9.82. The lowest BCUT2D eigenvalue weighted by atomic mass is 9.85. The third-order valence-corrected chi connectivity index (χ3v) is 6.91. The van der Waals surface area contributed by atoms with Gasteiger partial charge in [-0.3, -0.25) is 19.3 Å². The summed E-state index contributed by atoms with van der Waals surface area (Å²) in [4.78, 5) is 55.5. The highest BCUT2D eigenvalue weighted by atomic mass is 16.5. The molecular weight excluding hydrogens is 420 g/mol. The van der Waals surface area contributed by atoms with Crippen LogP contribution in [0.5, 0.6) is 0 Å². The van der Waals surface area contributed by atoms with Crippen molar-refractivity contribution >= 4 is 29.4 Å². The molecule has 0 spiro atoms. The van der Waals surface area contributed by atoms with Crippen molar-refractivity contribution in [3.05, 3.63) is 42.0 Å². The van der Waals surface area contributed by atoms with Gasteiger partial charge in [-0.1, -0.05) is 44.2 Å². The van der Waals surface area contributed by atoms with Gasteiger partial charge in [0, 0.05) is 11.7 Å². The number of para-hydroxylation sites is 1. The van der Waals surface area contributed by atoms with Gasteiger partial charge in [0.1, 0.15) is 6.04 Å². The van der Waals surface area contributed by atoms with E-state index in [4.69, 9.17) is 4.74 Å². The Balaban J connectivity index is 1.51. The summed E-state index contributed by atoms with van der Waals surface area (Å²) in [6, 6.07) is 6.65. The molecule has 0 N–H and O–H groups in total. The maximum atomic E-state index is 13.3. The molecule has 3 aliphatic rings. The number of hydrogen-bond acceptors (Lipinski definition) is 5. The summed E-state index contributed by atoms with van der Waals surface area (Å²) in [5, 5.41) is 0. The van der Waals surface area contributed by atoms with Gasteiger partial charge in [-0.25, -0.2) is 4.79 Å². The van der Waals surface area contributed by atoms with Crippen LogP contribution in [0.1, 0.15) is 52.5 Å². The summed E-state index contributed by atoms with van der Waals surface area (Å²) in [5.41, 5.74) is 1.91. The van der Waals surface area contributed by atoms with E-state index in [-0.39, 0.29) is 29.7 Å². The number of esters is 1. The molecule has 0 aromatic heterocycles. The number of amides is 3. The number of likely N-dealkylation sites (tertiary alicyclic amines) is 1. The van der Waals surface area contributed by atoms with Gasteiger partial charge in [0.05, 0.1) is 11.8 Å². The zero-order valence-electron chi connectivity index (χ0n) is 19.7. The van der Waals surface area contributed by atoms with Crippen molar-refractivity contribution < 1.29 is 23.9 Å². The highest BCUT2D eigenvalue weighted by Crippen LogP contribution is 2.37. The van der Waals surface area contributed by atoms with Gasteiger partial charge < -0.3 is 9.64 Å². The standard InChI is InChI=1S/C26H32N2O5/c1-15(2)13-22(28-24(30)19-10-6-7-11-20(19)25(28)31)26(32)33-17(4)23(29)27-16(3)14-18-9-5-8-12-21(18)27/h5-9,12,15-17,19-20,22H,10-11,13-14H2,1-4H3/t16-,17+,19-,20+,22-/m0/s1. The summed E-state index contributed by atoms with van der Waals surface area (Å²) in [5.74, 6) is -2.38. The van der Waals surface area contributed by atoms with E-state index < -0.39 is 30.0 Å². The number of rotatable bonds is 6. The lowest BCUT2D eigenvalue weighted by molar-refractivity contribution is -0.165. The molecule has 5 atom stereocenters. The topological polar surface area (TPSA) is 84.0 Å². The van der Waals surface area contributed by atoms with Gasteiger partial charge in [0.2, 0.25) is 11.8 Å². The molecular formula is C26H32N2O5. The van der Waals surface area contributed by atoms with E-state index in [1.807, 2.05) is 57.2 Å². The Kier molecular flexibility index (Phi) is 6.41. The minimum absolute atomic E-state index is 0.0418. The van der Waals surface area contributed by atoms with Gasteiger partial charge in [-0.05, 0) is 57.1 Å². The number of imide groups is 1. The number of nitrogens with zero attached hydrogens (tertiary/aromatic N) is 2. The van der Waals surface area contributed by atoms with E-state index in [1.165, 1.54) is 0 Å². The average Bonchev–Trinajstić information content (AvgIpc) is 3.24. The second-order valence-electron chi connectivity index (χ2n) is 9.82. The van der Waals surface area contributed by atoms with Crippen molar-refractivity contribution in [1.29, 1.82) is 0 Å². The number of hydrogen-bond donors (Lipinski definition) is 0. The predicted molar refractivity (Wildman–Crippen MR) is 123 cm³/mol. The molecule has 1 aromatic carbocycles. The van der Waals surface area contributed by atoms with E-state index in [0.29, 0.717) is 19.3 Å². The van der Waals surface area contributed by atoms with Crippen LogP contribution in [-0.4, -0.2) is 46.8 Å². The Morgan fingerprint density at radius 3 is 2.24 bits per heavy atom. The van der Waals surface area contributed by atoms with Crippen molar-refractivity contribution in [2.75, 3.05) is 4.90 Å². The van der Waals surface area contributed by atoms with Crippen LogP contribution in [0.2, 0.25) is 0 Å². The third kappa shape index (κ3) is 4.21. The fourth-order valence-electron chi connectivity index (χ4n) is 5.29. The normalized spacial score (nSPS) is 25.8. The Labute approximate surface area is 194 Å². The first-order valence-electron chi connectivity index (χ1n) is 11.8. The smallest absolute Gasteiger partial charge is 0.330 e. The molecule has 176 valence electrons. The highest BCUT2D eigenvalue weighted by Gasteiger charge is 2.52. The molecule has 7 heteroatoms. The molecule has 1 aromatic rings. The predicted octanol–water partition coefficient (Wildman–Crippen LogP) is 3.26. The zero-order chi connectivity index (χ0) is 23.9. The minimum Gasteiger partial charge on any atom is -0.451 e. The summed E-state index contributed by atoms with van der Waals surface area (Å²) < 4.78 is 5.62. The fourth-order valence-corrected chi connectivity index (χ4v) is 5.29. The number of carbonyl (C=O) groups excluding carboxylic acids is 4. The summed E-state index contributed by atoms with van der Waals surface area (Å²) in [7, 11) is 0. The number of fused-ring (bicyclic) bond motifs is 2. The zero-order valence-corrected chi connectivity index (χ0v) is 19.7. The molecule has 1 saturated heterocycles. The monoisotopic (exact) mass is 452 g/mol. The van der Waals surface area contributed by atoms with Crippen molar-refractivity contribution in [3.63, 3.8) is 0 Å². The van der Waals surface area contributed by atoms with Crippen molar-refractivity contribution in [3.8, 4) is 0 Å². The summed E-state index contributed by atoms with van der Waals surface area (Å²) in [6.07, 6.45) is 4.87. The summed E-state index contributed by atoms with van der Waals surface area (Å²) >= 11 is 0. The van der Waals surface area contributed by atoms with Gasteiger partial charge in [-0.2, -0.15) is 0 Å². The number of benzene rings is 1. The van der Waals surface area contributed by atoms with Crippen molar-refractivity contribution in [2.45, 2.75) is 71.6 Å². The molecule has 1 aliphatic carbocycles. The highest BCUT2D eigenvalue weighted by molar-refractivity contribution is 6.08. The van der Waals surface area contributed by atoms with Crippen LogP contribution in [0.3, 0.4) is 0 Å². The lowest BCUT2D eigenvalue weighted by Crippen LogP contribution is -2.49. The molecule has 7 nitrogen and oxygen atoms in total. The van der Waals surface area contributed by atoms with Gasteiger partial charge in [0.15, 0.2) is 6.10 Å². The van der Waals surface area contributed by atoms with E-state index in [1.54, 1.807) is 11.8 Å². The summed E-state index contributed by atoms with van der Waals surface area (Å²) in [6.45, 7) is 7.37. The van der Waals surface area contributed by atoms with Crippen LogP contribution in [0.4, 0.5) is 5.69 Å². The van der Waals surface area contributed by atoms with Crippen molar-refractivity contribution in [2.24, 2.45) is 17.8 Å².